The van der Waals surface area contributed by atoms with Gasteiger partial charge in [0.1, 0.15) is 17.4 Å². The lowest BCUT2D eigenvalue weighted by Crippen LogP contribution is -2.27. The van der Waals surface area contributed by atoms with Crippen LogP contribution in [0.4, 0.5) is 19.3 Å². The molecule has 1 amide bonds. The molecule has 0 saturated carbocycles. The van der Waals surface area contributed by atoms with E-state index in [1.54, 1.807) is 26.8 Å². The molecule has 1 aromatic carbocycles. The summed E-state index contributed by atoms with van der Waals surface area (Å²) in [6.45, 7) is 2.08. The molecule has 0 aromatic heterocycles. The lowest BCUT2D eigenvalue weighted by atomic mass is 10.2. The number of hydrogen-bond donors (Lipinski definition) is 1. The van der Waals surface area contributed by atoms with Crippen molar-refractivity contribution in [3.05, 3.63) is 23.8 Å². The number of nitrogens with one attached hydrogen (secondary N) is 1. The number of carbonyl (C=O) groups is 1. The highest BCUT2D eigenvalue weighted by atomic mass is 19.3. The molecule has 20 heavy (non-hydrogen) atoms. The van der Waals surface area contributed by atoms with E-state index in [4.69, 9.17) is 10.00 Å². The molecule has 5 nitrogen and oxygen atoms in total. The van der Waals surface area contributed by atoms with Crippen LogP contribution in [-0.2, 0) is 4.74 Å². The van der Waals surface area contributed by atoms with Gasteiger partial charge >= 0.3 is 12.7 Å². The molecule has 0 unspecified atom stereocenters. The Hall–Kier alpha value is -2.36. The second kappa shape index (κ2) is 6.19. The van der Waals surface area contributed by atoms with Crippen LogP contribution in [0.15, 0.2) is 18.2 Å². The molecule has 1 aromatic rings. The first-order chi connectivity index (χ1) is 9.21. The third-order valence-corrected chi connectivity index (χ3v) is 1.96. The average molecular weight is 284 g/mol. The van der Waals surface area contributed by atoms with Crippen LogP contribution in [0.3, 0.4) is 0 Å². The Kier molecular flexibility index (Phi) is 4.86. The van der Waals surface area contributed by atoms with Crippen molar-refractivity contribution in [3.63, 3.8) is 0 Å². The summed E-state index contributed by atoms with van der Waals surface area (Å²) >= 11 is 0. The predicted octanol–water partition coefficient (Wildman–Crippen LogP) is 3.51. The van der Waals surface area contributed by atoms with E-state index in [1.807, 2.05) is 0 Å². The molecule has 0 radical (unpaired) electrons. The second-order valence-corrected chi connectivity index (χ2v) is 4.83. The fraction of sp³-hybridized carbons (Fsp3) is 0.385. The van der Waals surface area contributed by atoms with Crippen molar-refractivity contribution in [1.29, 1.82) is 5.26 Å². The van der Waals surface area contributed by atoms with Gasteiger partial charge in [-0.05, 0) is 39.0 Å². The van der Waals surface area contributed by atoms with Gasteiger partial charge in [-0.15, -0.1) is 0 Å². The zero-order valence-corrected chi connectivity index (χ0v) is 11.2. The highest BCUT2D eigenvalue weighted by Crippen LogP contribution is 2.24. The van der Waals surface area contributed by atoms with E-state index < -0.39 is 18.3 Å². The maximum atomic E-state index is 12.1. The summed E-state index contributed by atoms with van der Waals surface area (Å²) in [6, 6.07) is 5.45. The van der Waals surface area contributed by atoms with E-state index >= 15 is 0 Å². The largest absolute Gasteiger partial charge is 0.444 e. The zero-order chi connectivity index (χ0) is 15.3. The van der Waals surface area contributed by atoms with Gasteiger partial charge in [0.25, 0.3) is 0 Å². The molecule has 0 spiro atoms. The Morgan fingerprint density at radius 2 is 2.05 bits per heavy atom. The van der Waals surface area contributed by atoms with Gasteiger partial charge < -0.3 is 9.47 Å². The Morgan fingerprint density at radius 1 is 1.40 bits per heavy atom. The maximum absolute atomic E-state index is 12.1. The summed E-state index contributed by atoms with van der Waals surface area (Å²) in [6.07, 6.45) is -0.705. The molecule has 0 aliphatic rings. The fourth-order valence-electron chi connectivity index (χ4n) is 1.32. The van der Waals surface area contributed by atoms with Gasteiger partial charge in [0.05, 0.1) is 5.56 Å². The minimum atomic E-state index is -3.02. The molecule has 108 valence electrons. The second-order valence-electron chi connectivity index (χ2n) is 4.83. The first kappa shape index (κ1) is 15.7. The first-order valence-corrected chi connectivity index (χ1v) is 5.70. The van der Waals surface area contributed by atoms with Crippen LogP contribution >= 0.6 is 0 Å². The number of nitriles is 1. The van der Waals surface area contributed by atoms with Gasteiger partial charge in [-0.1, -0.05) is 0 Å². The lowest BCUT2D eigenvalue weighted by molar-refractivity contribution is -0.0500. The number of nitrogens with zero attached hydrogens (tertiary/aromatic N) is 1. The number of amides is 1. The molecule has 0 bridgehead atoms. The monoisotopic (exact) mass is 284 g/mol. The third-order valence-electron chi connectivity index (χ3n) is 1.96. The van der Waals surface area contributed by atoms with Gasteiger partial charge in [-0.25, -0.2) is 4.79 Å². The van der Waals surface area contributed by atoms with Crippen molar-refractivity contribution < 1.29 is 23.0 Å². The van der Waals surface area contributed by atoms with Gasteiger partial charge in [0.15, 0.2) is 0 Å². The quantitative estimate of drug-likeness (QED) is 0.922. The Labute approximate surface area is 115 Å². The van der Waals surface area contributed by atoms with Crippen LogP contribution in [0.1, 0.15) is 26.3 Å². The van der Waals surface area contributed by atoms with E-state index in [-0.39, 0.29) is 17.0 Å². The molecule has 0 atom stereocenters. The van der Waals surface area contributed by atoms with Crippen molar-refractivity contribution in [2.24, 2.45) is 0 Å². The van der Waals surface area contributed by atoms with Crippen molar-refractivity contribution >= 4 is 11.8 Å². The van der Waals surface area contributed by atoms with E-state index in [9.17, 15) is 13.6 Å². The van der Waals surface area contributed by atoms with E-state index in [1.165, 1.54) is 18.2 Å². The predicted molar refractivity (Wildman–Crippen MR) is 67.6 cm³/mol. The highest BCUT2D eigenvalue weighted by Gasteiger charge is 2.17. The van der Waals surface area contributed by atoms with Crippen LogP contribution in [0.2, 0.25) is 0 Å². The average Bonchev–Trinajstić information content (AvgIpc) is 2.27. The lowest BCUT2D eigenvalue weighted by Gasteiger charge is -2.19. The van der Waals surface area contributed by atoms with E-state index in [0.717, 1.165) is 0 Å². The number of anilines is 1. The number of halogens is 2. The summed E-state index contributed by atoms with van der Waals surface area (Å²) in [4.78, 5) is 11.5. The van der Waals surface area contributed by atoms with Crippen molar-refractivity contribution in [1.82, 2.24) is 0 Å². The molecule has 1 N–H and O–H groups in total. The van der Waals surface area contributed by atoms with Crippen LogP contribution in [-0.4, -0.2) is 18.3 Å². The molecular weight excluding hydrogens is 270 g/mol. The number of ether oxygens (including phenoxy) is 2. The summed E-state index contributed by atoms with van der Waals surface area (Å²) < 4.78 is 33.4. The molecule has 1 rings (SSSR count). The van der Waals surface area contributed by atoms with Crippen molar-refractivity contribution in [3.8, 4) is 11.8 Å². The minimum Gasteiger partial charge on any atom is -0.444 e. The molecule has 0 aliphatic heterocycles. The summed E-state index contributed by atoms with van der Waals surface area (Å²) in [5.74, 6) is -0.253. The van der Waals surface area contributed by atoms with Gasteiger partial charge in [-0.3, -0.25) is 5.32 Å². The highest BCUT2D eigenvalue weighted by molar-refractivity contribution is 5.85. The molecule has 0 fully saturated rings. The topological polar surface area (TPSA) is 71.3 Å². The van der Waals surface area contributed by atoms with E-state index in [2.05, 4.69) is 10.1 Å². The number of hydrogen-bond acceptors (Lipinski definition) is 4. The SMILES string of the molecule is CC(C)(C)OC(=O)Nc1ccc(OC(F)F)c(C#N)c1. The third kappa shape index (κ3) is 5.10. The molecule has 7 heteroatoms. The van der Waals surface area contributed by atoms with Crippen LogP contribution < -0.4 is 10.1 Å². The Morgan fingerprint density at radius 3 is 2.55 bits per heavy atom. The van der Waals surface area contributed by atoms with Crippen LogP contribution in [0.5, 0.6) is 5.75 Å². The van der Waals surface area contributed by atoms with Crippen molar-refractivity contribution in [2.45, 2.75) is 33.0 Å². The molecule has 0 aliphatic carbocycles. The maximum Gasteiger partial charge on any atom is 0.412 e. The Balaban J connectivity index is 2.84. The molecule has 0 saturated heterocycles. The summed E-state index contributed by atoms with van der Waals surface area (Å²) in [5.41, 5.74) is -0.530. The standard InChI is InChI=1S/C13H14F2N2O3/c1-13(2,3)20-12(18)17-9-4-5-10(19-11(14)15)8(6-9)7-16/h4-6,11H,1-3H3,(H,17,18). The smallest absolute Gasteiger partial charge is 0.412 e. The molecule has 0 heterocycles. The summed E-state index contributed by atoms with van der Waals surface area (Å²) in [7, 11) is 0. The molecular formula is C13H14F2N2O3. The normalized spacial score (nSPS) is 10.8. The number of benzene rings is 1. The van der Waals surface area contributed by atoms with Gasteiger partial charge in [-0.2, -0.15) is 14.0 Å². The van der Waals surface area contributed by atoms with Crippen LogP contribution in [0, 0.1) is 11.3 Å². The minimum absolute atomic E-state index is 0.112. The van der Waals surface area contributed by atoms with Crippen molar-refractivity contribution in [2.75, 3.05) is 5.32 Å². The Bertz CT molecular complexity index is 533. The zero-order valence-electron chi connectivity index (χ0n) is 11.2. The summed E-state index contributed by atoms with van der Waals surface area (Å²) in [5, 5.41) is 11.3. The number of carbonyl (C=O) groups excluding carboxylic acids is 1. The number of alkyl halides is 2. The first-order valence-electron chi connectivity index (χ1n) is 5.70. The van der Waals surface area contributed by atoms with Crippen LogP contribution in [0.25, 0.3) is 0 Å². The fourth-order valence-corrected chi connectivity index (χ4v) is 1.32. The van der Waals surface area contributed by atoms with E-state index in [0.29, 0.717) is 0 Å². The van der Waals surface area contributed by atoms with Gasteiger partial charge in [0.2, 0.25) is 0 Å². The van der Waals surface area contributed by atoms with Gasteiger partial charge in [0, 0.05) is 5.69 Å². The number of rotatable bonds is 3.